The second-order valence-electron chi connectivity index (χ2n) is 5.34. The molecule has 0 bridgehead atoms. The van der Waals surface area contributed by atoms with Crippen molar-refractivity contribution in [3.05, 3.63) is 16.4 Å². The van der Waals surface area contributed by atoms with E-state index in [0.717, 1.165) is 7.05 Å². The number of carbonyl (C=O) groups excluding carboxylic acids is 1. The molecule has 1 aromatic heterocycles. The van der Waals surface area contributed by atoms with Gasteiger partial charge in [-0.15, -0.1) is 0 Å². The molecule has 2 heterocycles. The van der Waals surface area contributed by atoms with Crippen LogP contribution in [0, 0.1) is 5.92 Å². The molecule has 1 N–H and O–H groups in total. The predicted octanol–water partition coefficient (Wildman–Crippen LogP) is 1.94. The molecule has 2 atom stereocenters. The third kappa shape index (κ3) is 3.16. The number of rotatable bonds is 1. The summed E-state index contributed by atoms with van der Waals surface area (Å²) in [4.78, 5) is 13.6. The summed E-state index contributed by atoms with van der Waals surface area (Å²) >= 11 is 5.69. The first-order chi connectivity index (χ1) is 9.61. The third-order valence-electron chi connectivity index (χ3n) is 3.39. The van der Waals surface area contributed by atoms with Crippen LogP contribution in [0.4, 0.5) is 13.2 Å². The summed E-state index contributed by atoms with van der Waals surface area (Å²) in [5, 5.41) is 12.6. The van der Waals surface area contributed by atoms with Crippen LogP contribution in [0.3, 0.4) is 0 Å². The molecule has 0 aliphatic carbocycles. The van der Waals surface area contributed by atoms with Crippen molar-refractivity contribution in [1.82, 2.24) is 14.7 Å². The van der Waals surface area contributed by atoms with Crippen LogP contribution in [-0.2, 0) is 13.2 Å². The minimum atomic E-state index is -4.69. The number of nitrogens with zero attached hydrogens (tertiary/aromatic N) is 3. The van der Waals surface area contributed by atoms with Crippen LogP contribution in [0.15, 0.2) is 0 Å². The topological polar surface area (TPSA) is 58.4 Å². The summed E-state index contributed by atoms with van der Waals surface area (Å²) in [6.07, 6.45) is -4.83. The zero-order chi connectivity index (χ0) is 15.9. The van der Waals surface area contributed by atoms with Crippen molar-refractivity contribution in [2.24, 2.45) is 13.0 Å². The number of amides is 1. The van der Waals surface area contributed by atoms with Gasteiger partial charge < -0.3 is 10.0 Å². The lowest BCUT2D eigenvalue weighted by atomic mass is 9.98. The number of aryl methyl sites for hydroxylation is 1. The number of β-amino-alcohol motifs (C(OH)–C–C–N with tert-alkyl or cyclic N) is 1. The molecule has 0 saturated carbocycles. The first-order valence-corrected chi connectivity index (χ1v) is 6.76. The number of hydrogen-bond acceptors (Lipinski definition) is 3. The Hall–Kier alpha value is -1.28. The summed E-state index contributed by atoms with van der Waals surface area (Å²) in [6.45, 7) is 2.27. The number of aliphatic hydroxyl groups is 1. The Bertz CT molecular complexity index is 549. The quantitative estimate of drug-likeness (QED) is 0.858. The van der Waals surface area contributed by atoms with E-state index in [9.17, 15) is 23.1 Å². The molecule has 1 fully saturated rings. The molecule has 1 aliphatic rings. The Kier molecular flexibility index (Phi) is 4.21. The van der Waals surface area contributed by atoms with Crippen LogP contribution in [0.1, 0.15) is 29.5 Å². The summed E-state index contributed by atoms with van der Waals surface area (Å²) in [6, 6.07) is 0. The van der Waals surface area contributed by atoms with E-state index in [4.69, 9.17) is 11.6 Å². The molecule has 0 unspecified atom stereocenters. The fourth-order valence-corrected chi connectivity index (χ4v) is 2.93. The lowest BCUT2D eigenvalue weighted by Crippen LogP contribution is -2.45. The van der Waals surface area contributed by atoms with Crippen LogP contribution in [0.2, 0.25) is 5.02 Å². The molecule has 21 heavy (non-hydrogen) atoms. The van der Waals surface area contributed by atoms with E-state index in [0.29, 0.717) is 17.6 Å². The van der Waals surface area contributed by atoms with E-state index in [1.807, 2.05) is 6.92 Å². The van der Waals surface area contributed by atoms with Crippen molar-refractivity contribution in [2.75, 3.05) is 13.1 Å². The second kappa shape index (κ2) is 5.49. The maximum absolute atomic E-state index is 12.8. The molecule has 9 heteroatoms. The molecule has 1 aromatic rings. The largest absolute Gasteiger partial charge is 0.434 e. The van der Waals surface area contributed by atoms with Crippen molar-refractivity contribution in [1.29, 1.82) is 0 Å². The smallest absolute Gasteiger partial charge is 0.391 e. The molecule has 2 rings (SSSR count). The zero-order valence-electron chi connectivity index (χ0n) is 11.5. The van der Waals surface area contributed by atoms with E-state index in [-0.39, 0.29) is 12.5 Å². The highest BCUT2D eigenvalue weighted by Crippen LogP contribution is 2.36. The van der Waals surface area contributed by atoms with Gasteiger partial charge in [-0.3, -0.25) is 9.48 Å². The normalized spacial score (nSPS) is 23.5. The fourth-order valence-electron chi connectivity index (χ4n) is 2.58. The Balaban J connectivity index is 2.32. The van der Waals surface area contributed by atoms with Crippen LogP contribution in [-0.4, -0.2) is 44.9 Å². The first-order valence-electron chi connectivity index (χ1n) is 6.38. The Morgan fingerprint density at radius 1 is 1.43 bits per heavy atom. The first kappa shape index (κ1) is 16.1. The van der Waals surface area contributed by atoms with Gasteiger partial charge in [0.05, 0.1) is 6.10 Å². The Labute approximate surface area is 124 Å². The van der Waals surface area contributed by atoms with E-state index in [2.05, 4.69) is 5.10 Å². The Morgan fingerprint density at radius 3 is 2.52 bits per heavy atom. The number of halogens is 4. The highest BCUT2D eigenvalue weighted by molar-refractivity contribution is 6.34. The van der Waals surface area contributed by atoms with Crippen molar-refractivity contribution >= 4 is 17.5 Å². The number of aromatic nitrogens is 2. The lowest BCUT2D eigenvalue weighted by molar-refractivity contribution is -0.143. The van der Waals surface area contributed by atoms with Crippen molar-refractivity contribution in [3.63, 3.8) is 0 Å². The average Bonchev–Trinajstić information content (AvgIpc) is 2.61. The minimum absolute atomic E-state index is 0.0577. The van der Waals surface area contributed by atoms with Crippen molar-refractivity contribution in [3.8, 4) is 0 Å². The fraction of sp³-hybridized carbons (Fsp3) is 0.667. The van der Waals surface area contributed by atoms with Gasteiger partial charge in [-0.2, -0.15) is 18.3 Å². The van der Waals surface area contributed by atoms with E-state index in [1.165, 1.54) is 4.90 Å². The number of likely N-dealkylation sites (tertiary alicyclic amines) is 1. The molecule has 0 spiro atoms. The summed E-state index contributed by atoms with van der Waals surface area (Å²) in [7, 11) is 1.08. The molecule has 1 amide bonds. The van der Waals surface area contributed by atoms with Gasteiger partial charge in [0.25, 0.3) is 5.91 Å². The standard InChI is InChI=1S/C12H15ClF3N3O2/c1-6-3-7(20)5-19(4-6)11(21)9-8(13)10(12(14,15)16)18(2)17-9/h6-7,20H,3-5H2,1-2H3/t6-,7+/m1/s1. The van der Waals surface area contributed by atoms with Crippen LogP contribution >= 0.6 is 11.6 Å². The summed E-state index contributed by atoms with van der Waals surface area (Å²) < 4.78 is 39.1. The number of carbonyl (C=O) groups is 1. The molecule has 118 valence electrons. The molecule has 5 nitrogen and oxygen atoms in total. The van der Waals surface area contributed by atoms with Gasteiger partial charge in [0.1, 0.15) is 5.02 Å². The molecular formula is C12H15ClF3N3O2. The minimum Gasteiger partial charge on any atom is -0.391 e. The van der Waals surface area contributed by atoms with Gasteiger partial charge in [0, 0.05) is 20.1 Å². The maximum atomic E-state index is 12.8. The van der Waals surface area contributed by atoms with Gasteiger partial charge >= 0.3 is 6.18 Å². The highest BCUT2D eigenvalue weighted by atomic mass is 35.5. The van der Waals surface area contributed by atoms with E-state index in [1.54, 1.807) is 0 Å². The van der Waals surface area contributed by atoms with Gasteiger partial charge in [0.15, 0.2) is 11.4 Å². The Morgan fingerprint density at radius 2 is 2.05 bits per heavy atom. The molecular weight excluding hydrogens is 311 g/mol. The second-order valence-corrected chi connectivity index (χ2v) is 5.72. The van der Waals surface area contributed by atoms with Gasteiger partial charge in [0.2, 0.25) is 0 Å². The number of hydrogen-bond donors (Lipinski definition) is 1. The number of aliphatic hydroxyl groups excluding tert-OH is 1. The molecule has 0 radical (unpaired) electrons. The summed E-state index contributed by atoms with van der Waals surface area (Å²) in [5.41, 5.74) is -1.59. The molecule has 1 saturated heterocycles. The van der Waals surface area contributed by atoms with Gasteiger partial charge in [-0.1, -0.05) is 18.5 Å². The monoisotopic (exact) mass is 325 g/mol. The summed E-state index contributed by atoms with van der Waals surface area (Å²) in [5.74, 6) is -0.640. The van der Waals surface area contributed by atoms with E-state index >= 15 is 0 Å². The van der Waals surface area contributed by atoms with Crippen LogP contribution in [0.5, 0.6) is 0 Å². The maximum Gasteiger partial charge on any atom is 0.434 e. The lowest BCUT2D eigenvalue weighted by Gasteiger charge is -2.33. The predicted molar refractivity (Wildman–Crippen MR) is 68.9 cm³/mol. The molecule has 1 aliphatic heterocycles. The van der Waals surface area contributed by atoms with E-state index < -0.39 is 34.6 Å². The number of alkyl halides is 3. The average molecular weight is 326 g/mol. The van der Waals surface area contributed by atoms with Gasteiger partial charge in [-0.25, -0.2) is 0 Å². The zero-order valence-corrected chi connectivity index (χ0v) is 12.2. The van der Waals surface area contributed by atoms with Gasteiger partial charge in [-0.05, 0) is 12.3 Å². The van der Waals surface area contributed by atoms with Crippen molar-refractivity contribution < 1.29 is 23.1 Å². The molecule has 0 aromatic carbocycles. The number of piperidine rings is 1. The van der Waals surface area contributed by atoms with Crippen LogP contribution < -0.4 is 0 Å². The van der Waals surface area contributed by atoms with Crippen molar-refractivity contribution in [2.45, 2.75) is 25.6 Å². The highest BCUT2D eigenvalue weighted by Gasteiger charge is 2.41. The third-order valence-corrected chi connectivity index (χ3v) is 3.74. The SMILES string of the molecule is C[C@@H]1C[C@H](O)CN(C(=O)c2nn(C)c(C(F)(F)F)c2Cl)C1. The van der Waals surface area contributed by atoms with Crippen LogP contribution in [0.25, 0.3) is 0 Å².